The zero-order valence-corrected chi connectivity index (χ0v) is 11.5. The third kappa shape index (κ3) is 3.41. The Labute approximate surface area is 120 Å². The number of halogens is 2. The fraction of sp³-hybridized carbons (Fsp3) is 0.385. The summed E-state index contributed by atoms with van der Waals surface area (Å²) < 4.78 is 27.3. The third-order valence-corrected chi connectivity index (χ3v) is 3.26. The summed E-state index contributed by atoms with van der Waals surface area (Å²) in [6.07, 6.45) is 1.86. The molecule has 1 aromatic carbocycles. The molecular weight excluding hydrogens is 284 g/mol. The van der Waals surface area contributed by atoms with Crippen LogP contribution in [0, 0.1) is 17.6 Å². The van der Waals surface area contributed by atoms with Crippen molar-refractivity contribution in [2.24, 2.45) is 11.7 Å². The van der Waals surface area contributed by atoms with E-state index < -0.39 is 11.6 Å². The van der Waals surface area contributed by atoms with Gasteiger partial charge < -0.3 is 16.4 Å². The maximum absolute atomic E-state index is 13.7. The van der Waals surface area contributed by atoms with Gasteiger partial charge in [-0.05, 0) is 25.0 Å². The lowest BCUT2D eigenvalue weighted by molar-refractivity contribution is -0.122. The van der Waals surface area contributed by atoms with E-state index >= 15 is 0 Å². The highest BCUT2D eigenvalue weighted by Crippen LogP contribution is 2.28. The number of hydrogen-bond donors (Lipinski definition) is 3. The lowest BCUT2D eigenvalue weighted by atomic mass is 10.2. The molecule has 7 heteroatoms. The van der Waals surface area contributed by atoms with Crippen molar-refractivity contribution in [3.05, 3.63) is 29.3 Å². The lowest BCUT2D eigenvalue weighted by Crippen LogP contribution is -2.30. The third-order valence-electron chi connectivity index (χ3n) is 3.04. The molecule has 1 fully saturated rings. The van der Waals surface area contributed by atoms with Crippen LogP contribution in [-0.2, 0) is 4.79 Å². The summed E-state index contributed by atoms with van der Waals surface area (Å²) in [5.41, 5.74) is 5.18. The molecule has 1 amide bonds. The molecule has 1 aliphatic rings. The topological polar surface area (TPSA) is 67.2 Å². The molecule has 0 aromatic heterocycles. The standard InChI is InChI=1S/C13H15F2N3OS/c14-10-8(12(16)20)3-4-9(11(10)15)17-5-6-18-13(19)7-1-2-7/h3-4,7,17H,1-2,5-6H2,(H2,16,20)(H,18,19). The fourth-order valence-electron chi connectivity index (χ4n) is 1.75. The van der Waals surface area contributed by atoms with Crippen LogP contribution in [0.5, 0.6) is 0 Å². The highest BCUT2D eigenvalue weighted by molar-refractivity contribution is 7.80. The average molecular weight is 299 g/mol. The molecule has 2 rings (SSSR count). The SMILES string of the molecule is NC(=S)c1ccc(NCCNC(=O)C2CC2)c(F)c1F. The zero-order valence-electron chi connectivity index (χ0n) is 10.7. The number of rotatable bonds is 6. The first kappa shape index (κ1) is 14.6. The predicted octanol–water partition coefficient (Wildman–Crippen LogP) is 1.54. The number of hydrogen-bond acceptors (Lipinski definition) is 3. The van der Waals surface area contributed by atoms with Gasteiger partial charge in [0, 0.05) is 24.6 Å². The maximum atomic E-state index is 13.7. The molecule has 1 saturated carbocycles. The van der Waals surface area contributed by atoms with E-state index in [0.29, 0.717) is 13.1 Å². The van der Waals surface area contributed by atoms with Crippen LogP contribution in [0.25, 0.3) is 0 Å². The molecule has 4 N–H and O–H groups in total. The summed E-state index contributed by atoms with van der Waals surface area (Å²) in [6, 6.07) is 2.70. The normalized spacial score (nSPS) is 13.9. The number of carbonyl (C=O) groups is 1. The van der Waals surface area contributed by atoms with Gasteiger partial charge in [0.25, 0.3) is 0 Å². The molecule has 0 unspecified atom stereocenters. The predicted molar refractivity (Wildman–Crippen MR) is 76.5 cm³/mol. The quantitative estimate of drug-likeness (QED) is 0.550. The summed E-state index contributed by atoms with van der Waals surface area (Å²) in [7, 11) is 0. The van der Waals surface area contributed by atoms with Crippen LogP contribution in [0.3, 0.4) is 0 Å². The van der Waals surface area contributed by atoms with Gasteiger partial charge in [0.1, 0.15) is 4.99 Å². The lowest BCUT2D eigenvalue weighted by Gasteiger charge is -2.10. The Morgan fingerprint density at radius 1 is 1.30 bits per heavy atom. The number of anilines is 1. The summed E-state index contributed by atoms with van der Waals surface area (Å²) in [5.74, 6) is -1.94. The summed E-state index contributed by atoms with van der Waals surface area (Å²) in [6.45, 7) is 0.661. The second-order valence-electron chi connectivity index (χ2n) is 4.64. The van der Waals surface area contributed by atoms with Crippen molar-refractivity contribution >= 4 is 28.8 Å². The van der Waals surface area contributed by atoms with Gasteiger partial charge in [-0.2, -0.15) is 0 Å². The minimum absolute atomic E-state index is 0.0160. The number of benzene rings is 1. The molecule has 0 saturated heterocycles. The van der Waals surface area contributed by atoms with Gasteiger partial charge in [0.15, 0.2) is 11.6 Å². The van der Waals surface area contributed by atoms with E-state index in [4.69, 9.17) is 5.73 Å². The van der Waals surface area contributed by atoms with E-state index in [1.54, 1.807) is 0 Å². The Hall–Kier alpha value is -1.76. The average Bonchev–Trinajstić information content (AvgIpc) is 3.23. The summed E-state index contributed by atoms with van der Waals surface area (Å²) >= 11 is 4.62. The van der Waals surface area contributed by atoms with Crippen LogP contribution in [0.15, 0.2) is 12.1 Å². The van der Waals surface area contributed by atoms with Gasteiger partial charge in [0.05, 0.1) is 5.69 Å². The van der Waals surface area contributed by atoms with Crippen LogP contribution in [0.2, 0.25) is 0 Å². The van der Waals surface area contributed by atoms with Crippen LogP contribution in [0.1, 0.15) is 18.4 Å². The van der Waals surface area contributed by atoms with Crippen LogP contribution in [0.4, 0.5) is 14.5 Å². The first-order valence-electron chi connectivity index (χ1n) is 6.30. The van der Waals surface area contributed by atoms with E-state index in [0.717, 1.165) is 12.8 Å². The van der Waals surface area contributed by atoms with Crippen molar-refractivity contribution < 1.29 is 13.6 Å². The minimum atomic E-state index is -1.07. The molecule has 0 bridgehead atoms. The van der Waals surface area contributed by atoms with Gasteiger partial charge in [-0.1, -0.05) is 12.2 Å². The summed E-state index contributed by atoms with van der Waals surface area (Å²) in [4.78, 5) is 11.2. The molecule has 0 radical (unpaired) electrons. The Morgan fingerprint density at radius 3 is 2.60 bits per heavy atom. The Kier molecular flexibility index (Phi) is 4.49. The smallest absolute Gasteiger partial charge is 0.223 e. The van der Waals surface area contributed by atoms with E-state index in [1.165, 1.54) is 12.1 Å². The highest BCUT2D eigenvalue weighted by atomic mass is 32.1. The molecule has 0 heterocycles. The van der Waals surface area contributed by atoms with Crippen LogP contribution >= 0.6 is 12.2 Å². The molecule has 0 atom stereocenters. The molecule has 1 aromatic rings. The number of thiocarbonyl (C=S) groups is 1. The van der Waals surface area contributed by atoms with Gasteiger partial charge in [0.2, 0.25) is 5.91 Å². The van der Waals surface area contributed by atoms with E-state index in [9.17, 15) is 13.6 Å². The monoisotopic (exact) mass is 299 g/mol. The van der Waals surface area contributed by atoms with Crippen molar-refractivity contribution in [3.63, 3.8) is 0 Å². The second kappa shape index (κ2) is 6.13. The zero-order chi connectivity index (χ0) is 14.7. The van der Waals surface area contributed by atoms with Crippen molar-refractivity contribution in [2.75, 3.05) is 18.4 Å². The summed E-state index contributed by atoms with van der Waals surface area (Å²) in [5, 5.41) is 5.44. The molecule has 20 heavy (non-hydrogen) atoms. The molecular formula is C13H15F2N3OS. The first-order valence-corrected chi connectivity index (χ1v) is 6.71. The van der Waals surface area contributed by atoms with Gasteiger partial charge in [-0.25, -0.2) is 8.78 Å². The second-order valence-corrected chi connectivity index (χ2v) is 5.08. The van der Waals surface area contributed by atoms with Crippen molar-refractivity contribution in [2.45, 2.75) is 12.8 Å². The maximum Gasteiger partial charge on any atom is 0.223 e. The fourth-order valence-corrected chi connectivity index (χ4v) is 1.91. The van der Waals surface area contributed by atoms with Crippen molar-refractivity contribution in [1.29, 1.82) is 0 Å². The highest BCUT2D eigenvalue weighted by Gasteiger charge is 2.28. The van der Waals surface area contributed by atoms with E-state index in [1.807, 2.05) is 0 Å². The van der Waals surface area contributed by atoms with Gasteiger partial charge in [-0.3, -0.25) is 4.79 Å². The largest absolute Gasteiger partial charge is 0.389 e. The molecule has 4 nitrogen and oxygen atoms in total. The number of nitrogens with two attached hydrogens (primary N) is 1. The number of carbonyl (C=O) groups excluding carboxylic acids is 1. The minimum Gasteiger partial charge on any atom is -0.389 e. The van der Waals surface area contributed by atoms with Crippen LogP contribution in [-0.4, -0.2) is 24.0 Å². The van der Waals surface area contributed by atoms with Gasteiger partial charge >= 0.3 is 0 Å². The van der Waals surface area contributed by atoms with E-state index in [2.05, 4.69) is 22.9 Å². The molecule has 108 valence electrons. The van der Waals surface area contributed by atoms with Crippen molar-refractivity contribution in [1.82, 2.24) is 5.32 Å². The Bertz CT molecular complexity index is 547. The molecule has 1 aliphatic carbocycles. The van der Waals surface area contributed by atoms with E-state index in [-0.39, 0.29) is 28.1 Å². The number of nitrogens with one attached hydrogen (secondary N) is 2. The Morgan fingerprint density at radius 2 is 2.00 bits per heavy atom. The molecule has 0 aliphatic heterocycles. The number of amides is 1. The first-order chi connectivity index (χ1) is 9.50. The van der Waals surface area contributed by atoms with Gasteiger partial charge in [-0.15, -0.1) is 0 Å². The molecule has 0 spiro atoms. The van der Waals surface area contributed by atoms with Crippen molar-refractivity contribution in [3.8, 4) is 0 Å². The Balaban J connectivity index is 1.87. The van der Waals surface area contributed by atoms with Crippen LogP contribution < -0.4 is 16.4 Å².